The van der Waals surface area contributed by atoms with Crippen molar-refractivity contribution in [2.24, 2.45) is 0 Å². The van der Waals surface area contributed by atoms with Crippen LogP contribution in [0.1, 0.15) is 20.1 Å². The summed E-state index contributed by atoms with van der Waals surface area (Å²) >= 11 is 6.01. The SMILES string of the molecule is CONc1nc(Cl)nc2c1cnn2[C@@H]1O[C@H](CO)[C@H]2OC(C)(C)O[C@H]21. The number of aromatic nitrogens is 4. The monoisotopic (exact) mass is 371 g/mol. The molecule has 2 aliphatic heterocycles. The number of hydrogen-bond donors (Lipinski definition) is 2. The predicted molar refractivity (Wildman–Crippen MR) is 85.8 cm³/mol. The molecular formula is C14H18ClN5O5. The largest absolute Gasteiger partial charge is 0.394 e. The second kappa shape index (κ2) is 6.01. The summed E-state index contributed by atoms with van der Waals surface area (Å²) in [5, 5.41) is 14.6. The zero-order valence-electron chi connectivity index (χ0n) is 13.8. The molecule has 2 aromatic rings. The number of hydrogen-bond acceptors (Lipinski definition) is 9. The second-order valence-corrected chi connectivity index (χ2v) is 6.62. The highest BCUT2D eigenvalue weighted by Gasteiger charge is 2.56. The van der Waals surface area contributed by atoms with Crippen molar-refractivity contribution >= 4 is 28.5 Å². The summed E-state index contributed by atoms with van der Waals surface area (Å²) in [4.78, 5) is 13.2. The van der Waals surface area contributed by atoms with Gasteiger partial charge in [-0.25, -0.2) is 10.2 Å². The molecule has 25 heavy (non-hydrogen) atoms. The number of nitrogens with one attached hydrogen (secondary N) is 1. The summed E-state index contributed by atoms with van der Waals surface area (Å²) < 4.78 is 19.3. The molecule has 4 atom stereocenters. The molecular weight excluding hydrogens is 354 g/mol. The van der Waals surface area contributed by atoms with Gasteiger partial charge >= 0.3 is 0 Å². The highest BCUT2D eigenvalue weighted by Crippen LogP contribution is 2.43. The molecule has 10 nitrogen and oxygen atoms in total. The maximum absolute atomic E-state index is 9.61. The first-order valence-corrected chi connectivity index (χ1v) is 8.13. The van der Waals surface area contributed by atoms with E-state index in [1.54, 1.807) is 10.9 Å². The molecule has 4 heterocycles. The predicted octanol–water partition coefficient (Wildman–Crippen LogP) is 0.863. The number of halogens is 1. The van der Waals surface area contributed by atoms with Crippen LogP contribution < -0.4 is 5.48 Å². The van der Waals surface area contributed by atoms with Gasteiger partial charge in [0.25, 0.3) is 0 Å². The van der Waals surface area contributed by atoms with E-state index in [-0.39, 0.29) is 11.9 Å². The molecule has 2 aromatic heterocycles. The van der Waals surface area contributed by atoms with Crippen molar-refractivity contribution in [2.45, 2.75) is 44.2 Å². The molecule has 2 N–H and O–H groups in total. The van der Waals surface area contributed by atoms with Crippen LogP contribution in [0.3, 0.4) is 0 Å². The number of nitrogens with zero attached hydrogens (tertiary/aromatic N) is 4. The van der Waals surface area contributed by atoms with Crippen molar-refractivity contribution in [1.29, 1.82) is 0 Å². The van der Waals surface area contributed by atoms with Crippen molar-refractivity contribution in [3.8, 4) is 0 Å². The smallest absolute Gasteiger partial charge is 0.226 e. The number of rotatable bonds is 4. The minimum atomic E-state index is -0.775. The molecule has 11 heteroatoms. The Labute approximate surface area is 147 Å². The lowest BCUT2D eigenvalue weighted by atomic mass is 10.1. The maximum atomic E-state index is 9.61. The quantitative estimate of drug-likeness (QED) is 0.596. The van der Waals surface area contributed by atoms with Gasteiger partial charge in [0.1, 0.15) is 18.3 Å². The van der Waals surface area contributed by atoms with Gasteiger partial charge in [0, 0.05) is 0 Å². The van der Waals surface area contributed by atoms with Crippen LogP contribution >= 0.6 is 11.6 Å². The van der Waals surface area contributed by atoms with E-state index in [4.69, 9.17) is 30.6 Å². The summed E-state index contributed by atoms with van der Waals surface area (Å²) in [6, 6.07) is 0. The van der Waals surface area contributed by atoms with E-state index in [9.17, 15) is 5.11 Å². The Morgan fingerprint density at radius 2 is 2.12 bits per heavy atom. The van der Waals surface area contributed by atoms with Gasteiger partial charge in [0.15, 0.2) is 23.5 Å². The molecule has 136 valence electrons. The van der Waals surface area contributed by atoms with E-state index in [1.165, 1.54) is 7.11 Å². The standard InChI is InChI=1S/C14H18ClN5O5/c1-14(2)24-8-7(5-21)23-12(9(8)25-14)20-11-6(4-16-20)10(19-22-3)17-13(15)18-11/h4,7-9,12,21H,5H2,1-3H3,(H,17,18,19)/t7-,8-,9-,12-/m1/s1. The first-order chi connectivity index (χ1) is 11.9. The fraction of sp³-hybridized carbons (Fsp3) is 0.643. The summed E-state index contributed by atoms with van der Waals surface area (Å²) in [5.41, 5.74) is 3.10. The summed E-state index contributed by atoms with van der Waals surface area (Å²) in [5.74, 6) is -0.385. The third kappa shape index (κ3) is 2.75. The molecule has 4 rings (SSSR count). The van der Waals surface area contributed by atoms with Crippen molar-refractivity contribution in [3.05, 3.63) is 11.5 Å². The van der Waals surface area contributed by atoms with Gasteiger partial charge in [-0.1, -0.05) is 0 Å². The van der Waals surface area contributed by atoms with Gasteiger partial charge in [-0.15, -0.1) is 0 Å². The molecule has 0 radical (unpaired) electrons. The number of aliphatic hydroxyl groups excluding tert-OH is 1. The topological polar surface area (TPSA) is 113 Å². The second-order valence-electron chi connectivity index (χ2n) is 6.29. The van der Waals surface area contributed by atoms with Gasteiger partial charge in [-0.2, -0.15) is 15.1 Å². The zero-order chi connectivity index (χ0) is 17.8. The lowest BCUT2D eigenvalue weighted by Crippen LogP contribution is -2.31. The van der Waals surface area contributed by atoms with Gasteiger partial charge < -0.3 is 19.3 Å². The highest BCUT2D eigenvalue weighted by atomic mass is 35.5. The Hall–Kier alpha value is -1.56. The van der Waals surface area contributed by atoms with Crippen molar-refractivity contribution in [1.82, 2.24) is 19.7 Å². The lowest BCUT2D eigenvalue weighted by Gasteiger charge is -2.23. The average Bonchev–Trinajstić information content (AvgIpc) is 3.18. The van der Waals surface area contributed by atoms with Gasteiger partial charge in [0.2, 0.25) is 5.28 Å². The molecule has 2 fully saturated rings. The van der Waals surface area contributed by atoms with Gasteiger partial charge in [-0.05, 0) is 25.4 Å². The molecule has 0 aromatic carbocycles. The van der Waals surface area contributed by atoms with Crippen LogP contribution in [0.4, 0.5) is 5.82 Å². The third-order valence-corrected chi connectivity index (χ3v) is 4.34. The Balaban J connectivity index is 1.77. The molecule has 0 amide bonds. The van der Waals surface area contributed by atoms with Gasteiger partial charge in [0.05, 0.1) is 25.3 Å². The number of anilines is 1. The summed E-state index contributed by atoms with van der Waals surface area (Å²) in [6.07, 6.45) is -0.410. The first kappa shape index (κ1) is 16.9. The number of aliphatic hydroxyl groups is 1. The van der Waals surface area contributed by atoms with E-state index < -0.39 is 30.3 Å². The van der Waals surface area contributed by atoms with Crippen LogP contribution in [0.25, 0.3) is 11.0 Å². The Morgan fingerprint density at radius 1 is 1.36 bits per heavy atom. The zero-order valence-corrected chi connectivity index (χ0v) is 14.6. The van der Waals surface area contributed by atoms with E-state index >= 15 is 0 Å². The van der Waals surface area contributed by atoms with Crippen molar-refractivity contribution < 1.29 is 24.2 Å². The Kier molecular flexibility index (Phi) is 4.06. The van der Waals surface area contributed by atoms with Crippen LogP contribution in [0.15, 0.2) is 6.20 Å². The van der Waals surface area contributed by atoms with Crippen LogP contribution in [-0.2, 0) is 19.0 Å². The van der Waals surface area contributed by atoms with E-state index in [2.05, 4.69) is 20.5 Å². The van der Waals surface area contributed by atoms with Gasteiger partial charge in [-0.3, -0.25) is 4.84 Å². The van der Waals surface area contributed by atoms with E-state index in [0.29, 0.717) is 16.9 Å². The minimum absolute atomic E-state index is 0.0333. The number of fused-ring (bicyclic) bond motifs is 2. The minimum Gasteiger partial charge on any atom is -0.394 e. The highest BCUT2D eigenvalue weighted by molar-refractivity contribution is 6.28. The molecule has 0 saturated carbocycles. The Bertz CT molecular complexity index is 799. The normalized spacial score (nSPS) is 30.8. The van der Waals surface area contributed by atoms with Crippen molar-refractivity contribution in [3.63, 3.8) is 0 Å². The van der Waals surface area contributed by atoms with Crippen LogP contribution in [-0.4, -0.2) is 62.7 Å². The van der Waals surface area contributed by atoms with Crippen LogP contribution in [0.2, 0.25) is 5.28 Å². The molecule has 0 aliphatic carbocycles. The molecule has 0 spiro atoms. The van der Waals surface area contributed by atoms with Crippen molar-refractivity contribution in [2.75, 3.05) is 19.2 Å². The molecule has 0 unspecified atom stereocenters. The maximum Gasteiger partial charge on any atom is 0.226 e. The summed E-state index contributed by atoms with van der Waals surface area (Å²) in [6.45, 7) is 3.44. The van der Waals surface area contributed by atoms with E-state index in [0.717, 1.165) is 0 Å². The fourth-order valence-electron chi connectivity index (χ4n) is 3.26. The molecule has 2 aliphatic rings. The van der Waals surface area contributed by atoms with E-state index in [1.807, 2.05) is 13.8 Å². The van der Waals surface area contributed by atoms with Crippen LogP contribution in [0, 0.1) is 0 Å². The molecule has 0 bridgehead atoms. The average molecular weight is 372 g/mol. The third-order valence-electron chi connectivity index (χ3n) is 4.17. The summed E-state index contributed by atoms with van der Waals surface area (Å²) in [7, 11) is 1.47. The van der Waals surface area contributed by atoms with Crippen LogP contribution in [0.5, 0.6) is 0 Å². The lowest BCUT2D eigenvalue weighted by molar-refractivity contribution is -0.201. The fourth-order valence-corrected chi connectivity index (χ4v) is 3.43. The number of ether oxygens (including phenoxy) is 3. The Morgan fingerprint density at radius 3 is 2.84 bits per heavy atom. The molecule has 2 saturated heterocycles. The first-order valence-electron chi connectivity index (χ1n) is 7.75.